The van der Waals surface area contributed by atoms with Crippen molar-refractivity contribution in [2.24, 2.45) is 5.73 Å². The zero-order chi connectivity index (χ0) is 15.7. The minimum absolute atomic E-state index is 0.388. The van der Waals surface area contributed by atoms with E-state index in [2.05, 4.69) is 30.1 Å². The summed E-state index contributed by atoms with van der Waals surface area (Å²) in [6.45, 7) is 7.19. The van der Waals surface area contributed by atoms with Crippen LogP contribution in [0.25, 0.3) is 0 Å². The first kappa shape index (κ1) is 14.9. The van der Waals surface area contributed by atoms with Crippen LogP contribution < -0.4 is 11.1 Å². The van der Waals surface area contributed by atoms with Crippen LogP contribution in [-0.2, 0) is 11.8 Å². The molecule has 0 atom stereocenters. The van der Waals surface area contributed by atoms with Crippen molar-refractivity contribution in [2.75, 3.05) is 25.0 Å². The van der Waals surface area contributed by atoms with Crippen LogP contribution in [0.5, 0.6) is 0 Å². The molecular formula is C16H23N5O. The number of nitrogens with two attached hydrogens (primary N) is 1. The van der Waals surface area contributed by atoms with Gasteiger partial charge in [-0.2, -0.15) is 5.26 Å². The molecule has 3 N–H and O–H groups in total. The van der Waals surface area contributed by atoms with Crippen LogP contribution in [0.2, 0.25) is 0 Å². The van der Waals surface area contributed by atoms with Gasteiger partial charge in [-0.1, -0.05) is 13.8 Å². The number of nitrogens with zero attached hydrogens (tertiary/aromatic N) is 3. The van der Waals surface area contributed by atoms with E-state index in [1.165, 1.54) is 0 Å². The van der Waals surface area contributed by atoms with E-state index in [4.69, 9.17) is 15.1 Å². The Labute approximate surface area is 131 Å². The van der Waals surface area contributed by atoms with Crippen LogP contribution in [0.15, 0.2) is 15.8 Å². The van der Waals surface area contributed by atoms with Gasteiger partial charge in [-0.05, 0) is 38.9 Å². The third-order valence-corrected chi connectivity index (χ3v) is 4.85. The van der Waals surface area contributed by atoms with Crippen molar-refractivity contribution in [2.45, 2.75) is 44.9 Å². The van der Waals surface area contributed by atoms with Crippen LogP contribution in [0, 0.1) is 11.3 Å². The predicted molar refractivity (Wildman–Crippen MR) is 84.0 cm³/mol. The molecule has 0 saturated carbocycles. The molecule has 1 aromatic heterocycles. The fraction of sp³-hybridized carbons (Fsp3) is 0.625. The number of hydrogen-bond donors (Lipinski definition) is 2. The molecule has 1 fully saturated rings. The highest BCUT2D eigenvalue weighted by Crippen LogP contribution is 2.47. The largest absolute Gasteiger partial charge is 0.425 e. The Morgan fingerprint density at radius 1 is 1.41 bits per heavy atom. The van der Waals surface area contributed by atoms with Crippen molar-refractivity contribution in [3.8, 4) is 6.07 Å². The van der Waals surface area contributed by atoms with E-state index < -0.39 is 0 Å². The van der Waals surface area contributed by atoms with Gasteiger partial charge >= 0.3 is 0 Å². The maximum Gasteiger partial charge on any atom is 0.223 e. The highest BCUT2D eigenvalue weighted by Gasteiger charge is 2.48. The lowest BCUT2D eigenvalue weighted by Gasteiger charge is -2.42. The Morgan fingerprint density at radius 2 is 2.14 bits per heavy atom. The van der Waals surface area contributed by atoms with Gasteiger partial charge in [-0.25, -0.2) is 4.98 Å². The summed E-state index contributed by atoms with van der Waals surface area (Å²) in [7, 11) is 0. The molecule has 22 heavy (non-hydrogen) atoms. The lowest BCUT2D eigenvalue weighted by atomic mass is 9.69. The van der Waals surface area contributed by atoms with Gasteiger partial charge < -0.3 is 20.4 Å². The molecule has 0 amide bonds. The van der Waals surface area contributed by atoms with Crippen LogP contribution in [-0.4, -0.2) is 29.5 Å². The summed E-state index contributed by atoms with van der Waals surface area (Å²) in [5.41, 5.74) is 7.21. The van der Waals surface area contributed by atoms with Crippen LogP contribution in [0.4, 0.5) is 5.88 Å². The monoisotopic (exact) mass is 301 g/mol. The quantitative estimate of drug-likeness (QED) is 0.888. The lowest BCUT2D eigenvalue weighted by molar-refractivity contribution is 0.183. The summed E-state index contributed by atoms with van der Waals surface area (Å²) in [6.07, 6.45) is 3.49. The highest BCUT2D eigenvalue weighted by atomic mass is 16.4. The van der Waals surface area contributed by atoms with E-state index in [0.29, 0.717) is 17.3 Å². The fourth-order valence-corrected chi connectivity index (χ4v) is 3.56. The standard InChI is InChI=1S/C16H23N5O/c1-3-5-12-19-13-15(22-12)20-14(18)11(10-17)16(13)6-8-21(4-2)9-7-16/h20H,3-9,18H2,1-2H3. The Bertz CT molecular complexity index is 631. The second-order valence-electron chi connectivity index (χ2n) is 6.08. The van der Waals surface area contributed by atoms with Crippen molar-refractivity contribution in [3.63, 3.8) is 0 Å². The number of allylic oxidation sites excluding steroid dienone is 1. The molecule has 2 aliphatic heterocycles. The van der Waals surface area contributed by atoms with Crippen molar-refractivity contribution < 1.29 is 4.42 Å². The zero-order valence-electron chi connectivity index (χ0n) is 13.3. The molecular weight excluding hydrogens is 278 g/mol. The van der Waals surface area contributed by atoms with Gasteiger partial charge in [0.15, 0.2) is 5.89 Å². The molecule has 1 aromatic rings. The van der Waals surface area contributed by atoms with Gasteiger partial charge in [0.05, 0.1) is 17.1 Å². The average molecular weight is 301 g/mol. The molecule has 0 radical (unpaired) electrons. The lowest BCUT2D eigenvalue weighted by Crippen LogP contribution is -2.46. The van der Waals surface area contributed by atoms with E-state index in [1.807, 2.05) is 0 Å². The number of anilines is 1. The summed E-state index contributed by atoms with van der Waals surface area (Å²) in [5.74, 6) is 1.77. The summed E-state index contributed by atoms with van der Waals surface area (Å²) in [5, 5.41) is 12.7. The first-order valence-corrected chi connectivity index (χ1v) is 8.04. The van der Waals surface area contributed by atoms with Gasteiger partial charge in [0, 0.05) is 6.42 Å². The maximum absolute atomic E-state index is 9.64. The fourth-order valence-electron chi connectivity index (χ4n) is 3.56. The number of nitriles is 1. The summed E-state index contributed by atoms with van der Waals surface area (Å²) in [6, 6.07) is 2.32. The molecule has 3 rings (SSSR count). The van der Waals surface area contributed by atoms with Crippen LogP contribution >= 0.6 is 0 Å². The number of aryl methyl sites for hydroxylation is 1. The van der Waals surface area contributed by atoms with Crippen molar-refractivity contribution in [3.05, 3.63) is 23.0 Å². The molecule has 1 spiro atoms. The van der Waals surface area contributed by atoms with E-state index in [0.717, 1.165) is 56.9 Å². The van der Waals surface area contributed by atoms with E-state index >= 15 is 0 Å². The molecule has 6 nitrogen and oxygen atoms in total. The molecule has 0 unspecified atom stereocenters. The minimum atomic E-state index is -0.388. The molecule has 118 valence electrons. The molecule has 0 aliphatic carbocycles. The number of rotatable bonds is 3. The topological polar surface area (TPSA) is 91.1 Å². The first-order valence-electron chi connectivity index (χ1n) is 8.04. The number of oxazole rings is 1. The van der Waals surface area contributed by atoms with Crippen molar-refractivity contribution in [1.82, 2.24) is 9.88 Å². The zero-order valence-corrected chi connectivity index (χ0v) is 13.3. The second-order valence-corrected chi connectivity index (χ2v) is 6.08. The maximum atomic E-state index is 9.64. The number of piperidine rings is 1. The van der Waals surface area contributed by atoms with Gasteiger partial charge in [0.1, 0.15) is 11.5 Å². The second kappa shape index (κ2) is 5.65. The molecule has 0 aromatic carbocycles. The number of hydrogen-bond acceptors (Lipinski definition) is 6. The van der Waals surface area contributed by atoms with Gasteiger partial charge in [0.25, 0.3) is 0 Å². The van der Waals surface area contributed by atoms with E-state index in [1.54, 1.807) is 0 Å². The molecule has 1 saturated heterocycles. The minimum Gasteiger partial charge on any atom is -0.425 e. The number of likely N-dealkylation sites (tertiary alicyclic amines) is 1. The molecule has 3 heterocycles. The Morgan fingerprint density at radius 3 is 2.73 bits per heavy atom. The first-order chi connectivity index (χ1) is 10.6. The molecule has 0 bridgehead atoms. The summed E-state index contributed by atoms with van der Waals surface area (Å²) >= 11 is 0. The average Bonchev–Trinajstić information content (AvgIpc) is 2.92. The normalized spacial score (nSPS) is 20.6. The van der Waals surface area contributed by atoms with E-state index in [9.17, 15) is 5.26 Å². The van der Waals surface area contributed by atoms with Crippen molar-refractivity contribution in [1.29, 1.82) is 5.26 Å². The Kier molecular flexibility index (Phi) is 3.83. The van der Waals surface area contributed by atoms with E-state index in [-0.39, 0.29) is 5.41 Å². The smallest absolute Gasteiger partial charge is 0.223 e. The summed E-state index contributed by atoms with van der Waals surface area (Å²) < 4.78 is 5.83. The summed E-state index contributed by atoms with van der Waals surface area (Å²) in [4.78, 5) is 7.11. The number of fused-ring (bicyclic) bond motifs is 2. The van der Waals surface area contributed by atoms with Gasteiger partial charge in [-0.3, -0.25) is 0 Å². The molecule has 2 aliphatic rings. The highest BCUT2D eigenvalue weighted by molar-refractivity contribution is 5.61. The Balaban J connectivity index is 2.04. The third-order valence-electron chi connectivity index (χ3n) is 4.85. The SMILES string of the molecule is CCCc1nc2c(o1)NC(N)=C(C#N)C21CCN(CC)CC1. The van der Waals surface area contributed by atoms with Gasteiger partial charge in [0.2, 0.25) is 5.88 Å². The Hall–Kier alpha value is -2.00. The third kappa shape index (κ3) is 2.17. The van der Waals surface area contributed by atoms with Crippen molar-refractivity contribution >= 4 is 5.88 Å². The predicted octanol–water partition coefficient (Wildman–Crippen LogP) is 2.10. The number of aromatic nitrogens is 1. The number of nitrogens with one attached hydrogen (secondary N) is 1. The van der Waals surface area contributed by atoms with Crippen LogP contribution in [0.1, 0.15) is 44.7 Å². The van der Waals surface area contributed by atoms with Gasteiger partial charge in [-0.15, -0.1) is 0 Å². The van der Waals surface area contributed by atoms with Crippen LogP contribution in [0.3, 0.4) is 0 Å². The molecule has 6 heteroatoms.